The van der Waals surface area contributed by atoms with Crippen molar-refractivity contribution >= 4 is 16.9 Å². The Bertz CT molecular complexity index is 884. The Morgan fingerprint density at radius 1 is 1.34 bits per heavy atom. The van der Waals surface area contributed by atoms with Crippen LogP contribution in [0.25, 0.3) is 10.9 Å². The van der Waals surface area contributed by atoms with Gasteiger partial charge in [0.15, 0.2) is 0 Å². The van der Waals surface area contributed by atoms with Crippen LogP contribution in [-0.4, -0.2) is 67.1 Å². The molecule has 1 N–H and O–H groups in total. The van der Waals surface area contributed by atoms with Crippen molar-refractivity contribution in [3.63, 3.8) is 0 Å². The summed E-state index contributed by atoms with van der Waals surface area (Å²) < 4.78 is 12.9. The van der Waals surface area contributed by atoms with Crippen molar-refractivity contribution < 1.29 is 19.4 Å². The van der Waals surface area contributed by atoms with Gasteiger partial charge in [0.2, 0.25) is 0 Å². The zero-order chi connectivity index (χ0) is 20.6. The smallest absolute Gasteiger partial charge is 0.337 e. The van der Waals surface area contributed by atoms with E-state index in [4.69, 9.17) is 14.6 Å². The minimum atomic E-state index is -0.326. The number of methoxy groups -OCH3 is 1. The van der Waals surface area contributed by atoms with Crippen LogP contribution >= 0.6 is 0 Å². The Kier molecular flexibility index (Phi) is 7.63. The molecule has 0 saturated heterocycles. The molecule has 3 rings (SSSR count). The molecule has 0 bridgehead atoms. The number of benzene rings is 1. The maximum absolute atomic E-state index is 11.8. The standard InChI is InChI=1S/C23H30N2O4/c1-24(11-3-14-26)17-18-4-8-21(9-5-18)29-15-13-25-12-10-19-6-7-20(16-22(19)25)23(27)28-2/h4-8,10,12,16,21,26H,3,9,11,13-15,17H2,1-2H3. The first-order valence-corrected chi connectivity index (χ1v) is 10.1. The average Bonchev–Trinajstić information content (AvgIpc) is 3.15. The van der Waals surface area contributed by atoms with E-state index in [1.807, 2.05) is 24.4 Å². The van der Waals surface area contributed by atoms with Crippen LogP contribution in [0.2, 0.25) is 0 Å². The van der Waals surface area contributed by atoms with Gasteiger partial charge in [0.1, 0.15) is 0 Å². The van der Waals surface area contributed by atoms with Gasteiger partial charge in [-0.3, -0.25) is 0 Å². The molecule has 2 aromatic rings. The predicted molar refractivity (Wildman–Crippen MR) is 114 cm³/mol. The third kappa shape index (κ3) is 5.79. The monoisotopic (exact) mass is 398 g/mol. The molecule has 1 unspecified atom stereocenters. The third-order valence-corrected chi connectivity index (χ3v) is 5.15. The molecule has 0 fully saturated rings. The fraction of sp³-hybridized carbons (Fsp3) is 0.435. The lowest BCUT2D eigenvalue weighted by Crippen LogP contribution is -2.24. The van der Waals surface area contributed by atoms with Crippen molar-refractivity contribution in [1.82, 2.24) is 9.47 Å². The van der Waals surface area contributed by atoms with Crippen LogP contribution in [0, 0.1) is 0 Å². The van der Waals surface area contributed by atoms with Crippen molar-refractivity contribution in [2.75, 3.05) is 40.5 Å². The number of carbonyl (C=O) groups excluding carboxylic acids is 1. The quantitative estimate of drug-likeness (QED) is 0.624. The Morgan fingerprint density at radius 2 is 2.21 bits per heavy atom. The highest BCUT2D eigenvalue weighted by Gasteiger charge is 2.12. The molecule has 1 heterocycles. The van der Waals surface area contributed by atoms with E-state index in [2.05, 4.69) is 34.7 Å². The molecule has 1 atom stereocenters. The number of carbonyl (C=O) groups is 1. The van der Waals surface area contributed by atoms with Crippen molar-refractivity contribution in [3.8, 4) is 0 Å². The Hall–Kier alpha value is -2.41. The van der Waals surface area contributed by atoms with Crippen LogP contribution < -0.4 is 0 Å². The number of rotatable bonds is 10. The second kappa shape index (κ2) is 10.4. The van der Waals surface area contributed by atoms with Crippen molar-refractivity contribution in [2.45, 2.75) is 25.5 Å². The summed E-state index contributed by atoms with van der Waals surface area (Å²) in [7, 11) is 3.46. The number of aromatic nitrogens is 1. The van der Waals surface area contributed by atoms with E-state index in [9.17, 15) is 4.79 Å². The number of esters is 1. The molecular formula is C23H30N2O4. The molecule has 156 valence electrons. The largest absolute Gasteiger partial charge is 0.465 e. The molecule has 6 nitrogen and oxygen atoms in total. The maximum Gasteiger partial charge on any atom is 0.337 e. The van der Waals surface area contributed by atoms with Crippen LogP contribution in [0.1, 0.15) is 23.2 Å². The zero-order valence-corrected chi connectivity index (χ0v) is 17.2. The first-order chi connectivity index (χ1) is 14.1. The van der Waals surface area contributed by atoms with Gasteiger partial charge in [-0.15, -0.1) is 0 Å². The Balaban J connectivity index is 1.49. The highest BCUT2D eigenvalue weighted by Crippen LogP contribution is 2.19. The number of fused-ring (bicyclic) bond motifs is 1. The van der Waals surface area contributed by atoms with Crippen LogP contribution in [0.5, 0.6) is 0 Å². The third-order valence-electron chi connectivity index (χ3n) is 5.15. The molecule has 6 heteroatoms. The number of aliphatic hydroxyl groups excluding tert-OH is 1. The van der Waals surface area contributed by atoms with E-state index >= 15 is 0 Å². The minimum Gasteiger partial charge on any atom is -0.465 e. The Labute approximate surface area is 172 Å². The number of hydrogen-bond acceptors (Lipinski definition) is 5. The van der Waals surface area contributed by atoms with Crippen LogP contribution in [-0.2, 0) is 16.0 Å². The van der Waals surface area contributed by atoms with Gasteiger partial charge in [0.25, 0.3) is 0 Å². The fourth-order valence-electron chi connectivity index (χ4n) is 3.54. The minimum absolute atomic E-state index is 0.0916. The summed E-state index contributed by atoms with van der Waals surface area (Å²) in [5, 5.41) is 10.0. The molecule has 1 aliphatic carbocycles. The summed E-state index contributed by atoms with van der Waals surface area (Å²) in [6.45, 7) is 3.33. The molecule has 0 spiro atoms. The van der Waals surface area contributed by atoms with Gasteiger partial charge in [-0.25, -0.2) is 4.79 Å². The lowest BCUT2D eigenvalue weighted by atomic mass is 10.0. The van der Waals surface area contributed by atoms with E-state index < -0.39 is 0 Å². The lowest BCUT2D eigenvalue weighted by Gasteiger charge is -2.21. The molecule has 0 saturated carbocycles. The summed E-state index contributed by atoms with van der Waals surface area (Å²) in [6.07, 6.45) is 10.3. The van der Waals surface area contributed by atoms with Gasteiger partial charge in [0.05, 0.1) is 25.4 Å². The molecular weight excluding hydrogens is 368 g/mol. The summed E-state index contributed by atoms with van der Waals surface area (Å²) in [4.78, 5) is 14.0. The maximum atomic E-state index is 11.8. The number of aliphatic hydroxyl groups is 1. The molecule has 1 aliphatic rings. The van der Waals surface area contributed by atoms with Gasteiger partial charge in [0, 0.05) is 38.0 Å². The van der Waals surface area contributed by atoms with Crippen LogP contribution in [0.3, 0.4) is 0 Å². The van der Waals surface area contributed by atoms with Crippen LogP contribution in [0.15, 0.2) is 54.3 Å². The van der Waals surface area contributed by atoms with E-state index in [-0.39, 0.29) is 18.7 Å². The molecule has 1 aromatic carbocycles. The highest BCUT2D eigenvalue weighted by molar-refractivity contribution is 5.94. The lowest BCUT2D eigenvalue weighted by molar-refractivity contribution is 0.0601. The topological polar surface area (TPSA) is 63.9 Å². The summed E-state index contributed by atoms with van der Waals surface area (Å²) >= 11 is 0. The van der Waals surface area contributed by atoms with Gasteiger partial charge in [-0.2, -0.15) is 0 Å². The second-order valence-corrected chi connectivity index (χ2v) is 7.37. The second-order valence-electron chi connectivity index (χ2n) is 7.37. The van der Waals surface area contributed by atoms with E-state index in [1.165, 1.54) is 12.7 Å². The summed E-state index contributed by atoms with van der Waals surface area (Å²) in [5.41, 5.74) is 2.85. The number of nitrogens with zero attached hydrogens (tertiary/aromatic N) is 2. The average molecular weight is 399 g/mol. The van der Waals surface area contributed by atoms with Gasteiger partial charge >= 0.3 is 5.97 Å². The van der Waals surface area contributed by atoms with Gasteiger partial charge in [-0.1, -0.05) is 24.3 Å². The summed E-state index contributed by atoms with van der Waals surface area (Å²) in [6, 6.07) is 7.63. The van der Waals surface area contributed by atoms with Crippen molar-refractivity contribution in [2.24, 2.45) is 0 Å². The molecule has 29 heavy (non-hydrogen) atoms. The van der Waals surface area contributed by atoms with Crippen LogP contribution in [0.4, 0.5) is 0 Å². The predicted octanol–water partition coefficient (Wildman–Crippen LogP) is 3.01. The van der Waals surface area contributed by atoms with Crippen molar-refractivity contribution in [1.29, 1.82) is 0 Å². The number of ether oxygens (including phenoxy) is 2. The van der Waals surface area contributed by atoms with E-state index in [0.717, 1.165) is 43.4 Å². The van der Waals surface area contributed by atoms with E-state index in [1.54, 1.807) is 6.07 Å². The molecule has 0 amide bonds. The zero-order valence-electron chi connectivity index (χ0n) is 17.2. The van der Waals surface area contributed by atoms with E-state index in [0.29, 0.717) is 12.2 Å². The van der Waals surface area contributed by atoms with Gasteiger partial charge < -0.3 is 24.0 Å². The normalized spacial score (nSPS) is 16.4. The first-order valence-electron chi connectivity index (χ1n) is 10.1. The first kappa shape index (κ1) is 21.3. The molecule has 0 aliphatic heterocycles. The number of hydrogen-bond donors (Lipinski definition) is 1. The highest BCUT2D eigenvalue weighted by atomic mass is 16.5. The van der Waals surface area contributed by atoms with Crippen molar-refractivity contribution in [3.05, 3.63) is 59.8 Å². The number of likely N-dealkylation sites (N-methyl/N-ethyl adjacent to an activating group) is 1. The van der Waals surface area contributed by atoms with Gasteiger partial charge in [-0.05, 0) is 49.0 Å². The summed E-state index contributed by atoms with van der Waals surface area (Å²) in [5.74, 6) is -0.326. The molecule has 0 radical (unpaired) electrons. The molecule has 1 aromatic heterocycles. The Morgan fingerprint density at radius 3 is 2.93 bits per heavy atom. The fourth-order valence-corrected chi connectivity index (χ4v) is 3.54. The SMILES string of the molecule is COC(=O)c1ccc2ccn(CCOC3C=CC(CN(C)CCCO)=CC3)c2c1.